The molecule has 1 unspecified atom stereocenters. The predicted molar refractivity (Wildman–Crippen MR) is 71.7 cm³/mol. The minimum atomic E-state index is -0.254. The molecule has 0 spiro atoms. The summed E-state index contributed by atoms with van der Waals surface area (Å²) < 4.78 is 10.5. The quantitative estimate of drug-likeness (QED) is 0.837. The maximum atomic E-state index is 11.9. The molecular formula is C14H16N2O4. The molecule has 1 fully saturated rings. The number of fused-ring (bicyclic) bond motifs is 1. The third-order valence-electron chi connectivity index (χ3n) is 3.59. The summed E-state index contributed by atoms with van der Waals surface area (Å²) in [4.78, 5) is 24.8. The van der Waals surface area contributed by atoms with Crippen LogP contribution < -0.4 is 5.32 Å². The fourth-order valence-electron chi connectivity index (χ4n) is 2.37. The number of hydrogen-bond donors (Lipinski definition) is 1. The maximum Gasteiger partial charge on any atom is 0.261 e. The van der Waals surface area contributed by atoms with Crippen LogP contribution in [0.4, 0.5) is 5.69 Å². The molecule has 0 bridgehead atoms. The van der Waals surface area contributed by atoms with Crippen LogP contribution in [0, 0.1) is 0 Å². The van der Waals surface area contributed by atoms with Crippen molar-refractivity contribution in [3.8, 4) is 0 Å². The Hall–Kier alpha value is -1.92. The Labute approximate surface area is 116 Å². The van der Waals surface area contributed by atoms with Crippen molar-refractivity contribution in [1.82, 2.24) is 4.90 Å². The number of carbonyl (C=O) groups is 2. The van der Waals surface area contributed by atoms with Crippen LogP contribution in [0.5, 0.6) is 0 Å². The zero-order chi connectivity index (χ0) is 14.1. The third kappa shape index (κ3) is 2.28. The van der Waals surface area contributed by atoms with E-state index in [1.807, 2.05) is 6.07 Å². The van der Waals surface area contributed by atoms with E-state index in [4.69, 9.17) is 9.47 Å². The van der Waals surface area contributed by atoms with Crippen LogP contribution in [0.25, 0.3) is 0 Å². The molecule has 20 heavy (non-hydrogen) atoms. The Kier molecular flexibility index (Phi) is 3.42. The monoisotopic (exact) mass is 276 g/mol. The van der Waals surface area contributed by atoms with Gasteiger partial charge in [-0.05, 0) is 24.6 Å². The van der Waals surface area contributed by atoms with Crippen LogP contribution in [0.15, 0.2) is 18.2 Å². The first kappa shape index (κ1) is 13.1. The topological polar surface area (TPSA) is 67.9 Å². The summed E-state index contributed by atoms with van der Waals surface area (Å²) >= 11 is 0. The van der Waals surface area contributed by atoms with Gasteiger partial charge in [-0.25, -0.2) is 0 Å². The van der Waals surface area contributed by atoms with E-state index in [1.54, 1.807) is 12.1 Å². The van der Waals surface area contributed by atoms with Gasteiger partial charge in [0.15, 0.2) is 0 Å². The highest BCUT2D eigenvalue weighted by atomic mass is 16.7. The second kappa shape index (κ2) is 5.22. The van der Waals surface area contributed by atoms with E-state index in [-0.39, 0.29) is 17.9 Å². The molecule has 2 aliphatic rings. The van der Waals surface area contributed by atoms with Gasteiger partial charge in [-0.2, -0.15) is 0 Å². The minimum absolute atomic E-state index is 0.108. The predicted octanol–water partition coefficient (Wildman–Crippen LogP) is 1.09. The summed E-state index contributed by atoms with van der Waals surface area (Å²) in [5, 5.41) is 3.23. The SMILES string of the molecule is CN1C(=O)c2ccc(NCC3CCOCO3)cc2C1=O. The van der Waals surface area contributed by atoms with Crippen LogP contribution in [0.3, 0.4) is 0 Å². The average Bonchev–Trinajstić information content (AvgIpc) is 2.71. The molecule has 3 rings (SSSR count). The highest BCUT2D eigenvalue weighted by Gasteiger charge is 2.32. The number of carbonyl (C=O) groups excluding carboxylic acids is 2. The molecule has 2 amide bonds. The standard InChI is InChI=1S/C14H16N2O4/c1-16-13(17)11-3-2-9(6-12(11)14(16)18)15-7-10-4-5-19-8-20-10/h2-3,6,10,15H,4-5,7-8H2,1H3. The Morgan fingerprint density at radius 2 is 2.10 bits per heavy atom. The Morgan fingerprint density at radius 1 is 1.30 bits per heavy atom. The highest BCUT2D eigenvalue weighted by Crippen LogP contribution is 2.24. The number of ether oxygens (including phenoxy) is 2. The van der Waals surface area contributed by atoms with Crippen molar-refractivity contribution in [2.75, 3.05) is 32.3 Å². The van der Waals surface area contributed by atoms with Crippen molar-refractivity contribution in [3.05, 3.63) is 29.3 Å². The summed E-state index contributed by atoms with van der Waals surface area (Å²) in [6.45, 7) is 1.68. The molecule has 1 atom stereocenters. The van der Waals surface area contributed by atoms with Gasteiger partial charge in [0.05, 0.1) is 23.8 Å². The lowest BCUT2D eigenvalue weighted by atomic mass is 10.1. The lowest BCUT2D eigenvalue weighted by Crippen LogP contribution is -2.30. The molecule has 0 aliphatic carbocycles. The molecule has 0 radical (unpaired) electrons. The van der Waals surface area contributed by atoms with Crippen LogP contribution in [0.2, 0.25) is 0 Å². The number of nitrogens with one attached hydrogen (secondary N) is 1. The van der Waals surface area contributed by atoms with Crippen molar-refractivity contribution in [1.29, 1.82) is 0 Å². The third-order valence-corrected chi connectivity index (χ3v) is 3.59. The second-order valence-corrected chi connectivity index (χ2v) is 4.91. The van der Waals surface area contributed by atoms with Gasteiger partial charge < -0.3 is 14.8 Å². The van der Waals surface area contributed by atoms with Crippen molar-refractivity contribution in [3.63, 3.8) is 0 Å². The summed E-state index contributed by atoms with van der Waals surface area (Å²) in [7, 11) is 1.49. The molecule has 1 saturated heterocycles. The second-order valence-electron chi connectivity index (χ2n) is 4.91. The molecule has 0 saturated carbocycles. The molecule has 2 aliphatic heterocycles. The van der Waals surface area contributed by atoms with E-state index in [9.17, 15) is 9.59 Å². The Bertz CT molecular complexity index is 552. The number of benzene rings is 1. The van der Waals surface area contributed by atoms with Crippen LogP contribution in [0.1, 0.15) is 27.1 Å². The maximum absolute atomic E-state index is 11.9. The van der Waals surface area contributed by atoms with Gasteiger partial charge in [0.1, 0.15) is 6.79 Å². The van der Waals surface area contributed by atoms with E-state index in [0.29, 0.717) is 31.1 Å². The first-order chi connectivity index (χ1) is 9.66. The first-order valence-electron chi connectivity index (χ1n) is 6.56. The molecule has 106 valence electrons. The fourth-order valence-corrected chi connectivity index (χ4v) is 2.37. The number of amides is 2. The number of hydrogen-bond acceptors (Lipinski definition) is 5. The van der Waals surface area contributed by atoms with Gasteiger partial charge in [-0.3, -0.25) is 14.5 Å². The van der Waals surface area contributed by atoms with E-state index in [0.717, 1.165) is 17.0 Å². The summed E-state index contributed by atoms with van der Waals surface area (Å²) in [5.74, 6) is -0.500. The molecular weight excluding hydrogens is 260 g/mol. The van der Waals surface area contributed by atoms with Crippen LogP contribution in [-0.4, -0.2) is 49.8 Å². The molecule has 1 aromatic carbocycles. The molecule has 6 heteroatoms. The Balaban J connectivity index is 1.70. The molecule has 0 aromatic heterocycles. The lowest BCUT2D eigenvalue weighted by molar-refractivity contribution is -0.133. The summed E-state index contributed by atoms with van der Waals surface area (Å²) in [6, 6.07) is 5.22. The fraction of sp³-hybridized carbons (Fsp3) is 0.429. The van der Waals surface area contributed by atoms with E-state index in [1.165, 1.54) is 7.05 Å². The van der Waals surface area contributed by atoms with Gasteiger partial charge in [0.2, 0.25) is 0 Å². The summed E-state index contributed by atoms with van der Waals surface area (Å²) in [5.41, 5.74) is 1.73. The number of anilines is 1. The minimum Gasteiger partial charge on any atom is -0.382 e. The van der Waals surface area contributed by atoms with Gasteiger partial charge in [-0.1, -0.05) is 0 Å². The average molecular weight is 276 g/mol. The van der Waals surface area contributed by atoms with Gasteiger partial charge in [0, 0.05) is 19.3 Å². The number of rotatable bonds is 3. The van der Waals surface area contributed by atoms with Gasteiger partial charge in [-0.15, -0.1) is 0 Å². The van der Waals surface area contributed by atoms with E-state index >= 15 is 0 Å². The van der Waals surface area contributed by atoms with Gasteiger partial charge in [0.25, 0.3) is 11.8 Å². The zero-order valence-electron chi connectivity index (χ0n) is 11.2. The van der Waals surface area contributed by atoms with Crippen molar-refractivity contribution in [2.24, 2.45) is 0 Å². The normalized spacial score (nSPS) is 22.1. The van der Waals surface area contributed by atoms with Crippen molar-refractivity contribution < 1.29 is 19.1 Å². The molecule has 1 aromatic rings. The smallest absolute Gasteiger partial charge is 0.261 e. The van der Waals surface area contributed by atoms with Gasteiger partial charge >= 0.3 is 0 Å². The highest BCUT2D eigenvalue weighted by molar-refractivity contribution is 6.21. The van der Waals surface area contributed by atoms with Crippen molar-refractivity contribution >= 4 is 17.5 Å². The lowest BCUT2D eigenvalue weighted by Gasteiger charge is -2.23. The molecule has 2 heterocycles. The van der Waals surface area contributed by atoms with E-state index < -0.39 is 0 Å². The van der Waals surface area contributed by atoms with Crippen molar-refractivity contribution in [2.45, 2.75) is 12.5 Å². The number of imide groups is 1. The molecule has 6 nitrogen and oxygen atoms in total. The Morgan fingerprint density at radius 3 is 2.85 bits per heavy atom. The van der Waals surface area contributed by atoms with E-state index in [2.05, 4.69) is 5.32 Å². The first-order valence-corrected chi connectivity index (χ1v) is 6.56. The number of nitrogens with zero attached hydrogens (tertiary/aromatic N) is 1. The zero-order valence-corrected chi connectivity index (χ0v) is 11.2. The summed E-state index contributed by atoms with van der Waals surface area (Å²) in [6.07, 6.45) is 0.954. The van der Waals surface area contributed by atoms with Crippen LogP contribution in [-0.2, 0) is 9.47 Å². The largest absolute Gasteiger partial charge is 0.382 e. The van der Waals surface area contributed by atoms with Crippen LogP contribution >= 0.6 is 0 Å². The molecule has 1 N–H and O–H groups in total.